The first-order valence-corrected chi connectivity index (χ1v) is 12.9. The summed E-state index contributed by atoms with van der Waals surface area (Å²) in [6.07, 6.45) is 19.3. The van der Waals surface area contributed by atoms with Crippen LogP contribution < -0.4 is 0 Å². The van der Waals surface area contributed by atoms with Crippen molar-refractivity contribution in [2.45, 2.75) is 144 Å². The smallest absolute Gasteiger partial charge is 0.173 e. The van der Waals surface area contributed by atoms with Crippen LogP contribution in [0.15, 0.2) is 12.7 Å². The monoisotopic (exact) mass is 412 g/mol. The Kier molecular flexibility index (Phi) is 22.2. The molecule has 0 saturated heterocycles. The van der Waals surface area contributed by atoms with Gasteiger partial charge in [0.1, 0.15) is 0 Å². The summed E-state index contributed by atoms with van der Waals surface area (Å²) in [5.74, 6) is -0.388. The molecule has 29 heavy (non-hydrogen) atoms. The second kappa shape index (κ2) is 20.9. The van der Waals surface area contributed by atoms with Crippen LogP contribution in [0.2, 0.25) is 0 Å². The van der Waals surface area contributed by atoms with E-state index in [1.54, 1.807) is 0 Å². The first-order valence-electron chi connectivity index (χ1n) is 12.9. The predicted octanol–water partition coefficient (Wildman–Crippen LogP) is 9.48. The van der Waals surface area contributed by atoms with Crippen LogP contribution in [0.5, 0.6) is 0 Å². The molecule has 0 rings (SSSR count). The number of ether oxygens (including phenoxy) is 2. The van der Waals surface area contributed by atoms with Crippen molar-refractivity contribution >= 4 is 0 Å². The Balaban J connectivity index is 0. The highest BCUT2D eigenvalue weighted by atomic mass is 16.7. The predicted molar refractivity (Wildman–Crippen MR) is 132 cm³/mol. The van der Waals surface area contributed by atoms with Crippen LogP contribution in [0.25, 0.3) is 0 Å². The number of hydrogen-bond acceptors (Lipinski definition) is 2. The first-order chi connectivity index (χ1) is 14.0. The zero-order valence-corrected chi connectivity index (χ0v) is 21.4. The van der Waals surface area contributed by atoms with Gasteiger partial charge in [-0.05, 0) is 39.5 Å². The fraction of sp³-hybridized carbons (Fsp3) is 0.926. The van der Waals surface area contributed by atoms with Crippen molar-refractivity contribution in [3.8, 4) is 0 Å². The van der Waals surface area contributed by atoms with E-state index in [-0.39, 0.29) is 11.2 Å². The third kappa shape index (κ3) is 12.2. The van der Waals surface area contributed by atoms with E-state index in [9.17, 15) is 0 Å². The molecule has 0 aromatic heterocycles. The average molecular weight is 413 g/mol. The third-order valence-electron chi connectivity index (χ3n) is 5.90. The van der Waals surface area contributed by atoms with E-state index in [4.69, 9.17) is 9.47 Å². The van der Waals surface area contributed by atoms with Crippen LogP contribution in [0, 0.1) is 5.41 Å². The van der Waals surface area contributed by atoms with Gasteiger partial charge in [0.25, 0.3) is 0 Å². The Morgan fingerprint density at radius 2 is 1.03 bits per heavy atom. The van der Waals surface area contributed by atoms with Gasteiger partial charge < -0.3 is 9.47 Å². The molecule has 0 fully saturated rings. The minimum Gasteiger partial charge on any atom is -0.350 e. The lowest BCUT2D eigenvalue weighted by molar-refractivity contribution is -0.307. The molecule has 0 atom stereocenters. The molecule has 0 N–H and O–H groups in total. The van der Waals surface area contributed by atoms with Gasteiger partial charge >= 0.3 is 0 Å². The van der Waals surface area contributed by atoms with E-state index >= 15 is 0 Å². The summed E-state index contributed by atoms with van der Waals surface area (Å²) in [6, 6.07) is 0. The van der Waals surface area contributed by atoms with Gasteiger partial charge in [0.05, 0.1) is 0 Å². The fourth-order valence-corrected chi connectivity index (χ4v) is 4.70. The Bertz CT molecular complexity index is 314. The van der Waals surface area contributed by atoms with Gasteiger partial charge in [0.15, 0.2) is 5.79 Å². The van der Waals surface area contributed by atoms with E-state index in [0.29, 0.717) is 0 Å². The quantitative estimate of drug-likeness (QED) is 0.119. The summed E-state index contributed by atoms with van der Waals surface area (Å²) < 4.78 is 12.9. The molecule has 0 aromatic rings. The van der Waals surface area contributed by atoms with E-state index in [0.717, 1.165) is 32.5 Å². The maximum atomic E-state index is 6.45. The lowest BCUT2D eigenvalue weighted by Gasteiger charge is -2.50. The zero-order valence-electron chi connectivity index (χ0n) is 21.4. The van der Waals surface area contributed by atoms with Gasteiger partial charge in [-0.1, -0.05) is 98.5 Å². The van der Waals surface area contributed by atoms with Gasteiger partial charge in [-0.15, -0.1) is 6.58 Å². The molecule has 0 saturated carbocycles. The van der Waals surface area contributed by atoms with Crippen LogP contribution in [0.3, 0.4) is 0 Å². The largest absolute Gasteiger partial charge is 0.350 e. The van der Waals surface area contributed by atoms with Crippen molar-refractivity contribution in [1.29, 1.82) is 0 Å². The van der Waals surface area contributed by atoms with Gasteiger partial charge in [0, 0.05) is 25.0 Å². The van der Waals surface area contributed by atoms with E-state index in [2.05, 4.69) is 55.0 Å². The highest BCUT2D eigenvalue weighted by Gasteiger charge is 2.50. The molecular formula is C27H56O2. The highest BCUT2D eigenvalue weighted by molar-refractivity contribution is 4.94. The highest BCUT2D eigenvalue weighted by Crippen LogP contribution is 2.50. The van der Waals surface area contributed by atoms with Gasteiger partial charge in [-0.3, -0.25) is 0 Å². The molecule has 0 aromatic carbocycles. The Morgan fingerprint density at radius 3 is 1.41 bits per heavy atom. The van der Waals surface area contributed by atoms with Crippen molar-refractivity contribution < 1.29 is 9.47 Å². The van der Waals surface area contributed by atoms with E-state index in [1.807, 2.05) is 6.08 Å². The van der Waals surface area contributed by atoms with Crippen molar-refractivity contribution in [2.75, 3.05) is 13.2 Å². The second-order valence-electron chi connectivity index (χ2n) is 8.36. The zero-order chi connectivity index (χ0) is 22.4. The van der Waals surface area contributed by atoms with Crippen LogP contribution >= 0.6 is 0 Å². The normalized spacial score (nSPS) is 11.8. The van der Waals surface area contributed by atoms with E-state index in [1.165, 1.54) is 70.6 Å². The van der Waals surface area contributed by atoms with Gasteiger partial charge in [0.2, 0.25) is 0 Å². The molecule has 0 aliphatic heterocycles. The first kappa shape index (κ1) is 30.9. The summed E-state index contributed by atoms with van der Waals surface area (Å²) in [5.41, 5.74) is 0.170. The van der Waals surface area contributed by atoms with Crippen LogP contribution in [0.4, 0.5) is 0 Å². The van der Waals surface area contributed by atoms with Crippen molar-refractivity contribution in [1.82, 2.24) is 0 Å². The van der Waals surface area contributed by atoms with Gasteiger partial charge in [-0.2, -0.15) is 0 Å². The lowest BCUT2D eigenvalue weighted by Crippen LogP contribution is -2.53. The molecule has 0 radical (unpaired) electrons. The SMILES string of the molecule is C=CCC.CCCCCCCCC(CCC)(CCC)C(CCC)(OCC)OCC. The number of allylic oxidation sites excluding steroid dienone is 1. The molecule has 0 spiro atoms. The molecule has 176 valence electrons. The third-order valence-corrected chi connectivity index (χ3v) is 5.90. The summed E-state index contributed by atoms with van der Waals surface area (Å²) in [4.78, 5) is 0. The molecule has 2 nitrogen and oxygen atoms in total. The van der Waals surface area contributed by atoms with Crippen molar-refractivity contribution in [3.63, 3.8) is 0 Å². The summed E-state index contributed by atoms with van der Waals surface area (Å²) >= 11 is 0. The molecular weight excluding hydrogens is 356 g/mol. The number of rotatable bonds is 19. The number of unbranched alkanes of at least 4 members (excludes halogenated alkanes) is 5. The topological polar surface area (TPSA) is 18.5 Å². The molecule has 0 unspecified atom stereocenters. The second-order valence-corrected chi connectivity index (χ2v) is 8.36. The summed E-state index contributed by atoms with van der Waals surface area (Å²) in [5, 5.41) is 0. The molecule has 0 aliphatic rings. The maximum Gasteiger partial charge on any atom is 0.173 e. The Labute approximate surface area is 185 Å². The maximum absolute atomic E-state index is 6.45. The molecule has 0 heterocycles. The summed E-state index contributed by atoms with van der Waals surface area (Å²) in [6.45, 7) is 20.5. The molecule has 2 heteroatoms. The van der Waals surface area contributed by atoms with Crippen LogP contribution in [0.1, 0.15) is 138 Å². The van der Waals surface area contributed by atoms with Crippen LogP contribution in [-0.2, 0) is 9.47 Å². The van der Waals surface area contributed by atoms with Crippen molar-refractivity contribution in [3.05, 3.63) is 12.7 Å². The molecule has 0 bridgehead atoms. The Hall–Kier alpha value is -0.340. The number of hydrogen-bond donors (Lipinski definition) is 0. The fourth-order valence-electron chi connectivity index (χ4n) is 4.70. The minimum atomic E-state index is -0.388. The average Bonchev–Trinajstić information content (AvgIpc) is 2.71. The lowest BCUT2D eigenvalue weighted by atomic mass is 9.67. The van der Waals surface area contributed by atoms with E-state index < -0.39 is 0 Å². The standard InChI is InChI=1S/C23H48O2.C4H8/c1-7-13-14-15-16-17-21-22(18-8-2,19-9-3)23(20-10-4,24-11-5)25-12-6;1-3-4-2/h7-21H2,1-6H3;3H,1,4H2,2H3. The van der Waals surface area contributed by atoms with Gasteiger partial charge in [-0.25, -0.2) is 0 Å². The Morgan fingerprint density at radius 1 is 0.586 bits per heavy atom. The molecule has 0 aliphatic carbocycles. The molecule has 0 amide bonds. The van der Waals surface area contributed by atoms with Crippen molar-refractivity contribution in [2.24, 2.45) is 5.41 Å². The summed E-state index contributed by atoms with van der Waals surface area (Å²) in [7, 11) is 0. The van der Waals surface area contributed by atoms with Crippen LogP contribution in [-0.4, -0.2) is 19.0 Å². The minimum absolute atomic E-state index is 0.170.